The van der Waals surface area contributed by atoms with Crippen LogP contribution in [0.1, 0.15) is 24.0 Å². The molecule has 0 bridgehead atoms. The number of nitrogens with two attached hydrogens (primary N) is 1. The van der Waals surface area contributed by atoms with Gasteiger partial charge in [0.1, 0.15) is 0 Å². The fourth-order valence-corrected chi connectivity index (χ4v) is 4.12. The lowest BCUT2D eigenvalue weighted by Gasteiger charge is -2.24. The van der Waals surface area contributed by atoms with Gasteiger partial charge in [-0.2, -0.15) is 0 Å². The Hall–Kier alpha value is -0.733. The van der Waals surface area contributed by atoms with Crippen molar-refractivity contribution in [1.82, 2.24) is 5.32 Å². The SMILES string of the molecule is C=Cc1ccc(CCC(N)NCCC[Si](OC)(OC)OC)cc1.Cl. The van der Waals surface area contributed by atoms with Gasteiger partial charge in [-0.15, -0.1) is 12.4 Å². The number of nitrogens with one attached hydrogen (secondary N) is 1. The van der Waals surface area contributed by atoms with Gasteiger partial charge in [0.2, 0.25) is 0 Å². The van der Waals surface area contributed by atoms with Gasteiger partial charge < -0.3 is 24.3 Å². The molecule has 0 radical (unpaired) electrons. The third-order valence-corrected chi connectivity index (χ3v) is 6.79. The van der Waals surface area contributed by atoms with E-state index in [2.05, 4.69) is 36.2 Å². The number of benzene rings is 1. The van der Waals surface area contributed by atoms with E-state index < -0.39 is 8.80 Å². The van der Waals surface area contributed by atoms with Crippen molar-refractivity contribution >= 4 is 27.3 Å². The van der Waals surface area contributed by atoms with Crippen molar-refractivity contribution in [2.24, 2.45) is 5.73 Å². The lowest BCUT2D eigenvalue weighted by Crippen LogP contribution is -2.44. The molecule has 1 rings (SSSR count). The summed E-state index contributed by atoms with van der Waals surface area (Å²) in [6.07, 6.45) is 4.59. The Kier molecular flexibility index (Phi) is 12.2. The topological polar surface area (TPSA) is 65.7 Å². The average molecular weight is 375 g/mol. The van der Waals surface area contributed by atoms with Crippen molar-refractivity contribution in [3.05, 3.63) is 42.0 Å². The van der Waals surface area contributed by atoms with Gasteiger partial charge >= 0.3 is 8.80 Å². The van der Waals surface area contributed by atoms with Crippen molar-refractivity contribution in [2.45, 2.75) is 31.5 Å². The Labute approximate surface area is 153 Å². The second-order valence-electron chi connectivity index (χ2n) is 5.44. The van der Waals surface area contributed by atoms with Gasteiger partial charge in [0, 0.05) is 27.4 Å². The first-order chi connectivity index (χ1) is 11.1. The van der Waals surface area contributed by atoms with E-state index in [9.17, 15) is 0 Å². The molecule has 3 N–H and O–H groups in total. The fourth-order valence-electron chi connectivity index (χ4n) is 2.39. The molecule has 1 atom stereocenters. The van der Waals surface area contributed by atoms with Gasteiger partial charge in [0.05, 0.1) is 6.17 Å². The molecular formula is C17H31ClN2O3Si. The second kappa shape index (κ2) is 12.6. The molecule has 0 saturated carbocycles. The monoisotopic (exact) mass is 374 g/mol. The van der Waals surface area contributed by atoms with Crippen LogP contribution in [0.2, 0.25) is 6.04 Å². The molecule has 138 valence electrons. The normalized spacial score (nSPS) is 12.5. The first-order valence-electron chi connectivity index (χ1n) is 7.95. The summed E-state index contributed by atoms with van der Waals surface area (Å²) < 4.78 is 16.2. The highest BCUT2D eigenvalue weighted by molar-refractivity contribution is 6.60. The summed E-state index contributed by atoms with van der Waals surface area (Å²) in [7, 11) is 2.45. The summed E-state index contributed by atoms with van der Waals surface area (Å²) in [5, 5.41) is 3.34. The summed E-state index contributed by atoms with van der Waals surface area (Å²) in [5.74, 6) is 0. The van der Waals surface area contributed by atoms with Crippen molar-refractivity contribution in [1.29, 1.82) is 0 Å². The minimum absolute atomic E-state index is 0. The second-order valence-corrected chi connectivity index (χ2v) is 8.53. The number of aryl methyl sites for hydroxylation is 1. The van der Waals surface area contributed by atoms with Gasteiger partial charge in [0.15, 0.2) is 0 Å². The molecule has 7 heteroatoms. The van der Waals surface area contributed by atoms with Crippen LogP contribution >= 0.6 is 12.4 Å². The average Bonchev–Trinajstić information content (AvgIpc) is 2.61. The van der Waals surface area contributed by atoms with Crippen LogP contribution in [0.3, 0.4) is 0 Å². The van der Waals surface area contributed by atoms with E-state index >= 15 is 0 Å². The zero-order valence-electron chi connectivity index (χ0n) is 14.9. The molecule has 0 fully saturated rings. The largest absolute Gasteiger partial charge is 0.500 e. The molecule has 0 aliphatic heterocycles. The summed E-state index contributed by atoms with van der Waals surface area (Å²) in [5.41, 5.74) is 8.54. The lowest BCUT2D eigenvalue weighted by molar-refractivity contribution is 0.123. The highest BCUT2D eigenvalue weighted by Crippen LogP contribution is 2.14. The molecule has 0 amide bonds. The zero-order chi connectivity index (χ0) is 17.1. The summed E-state index contributed by atoms with van der Waals surface area (Å²) in [6.45, 7) is 4.58. The van der Waals surface area contributed by atoms with Gasteiger partial charge in [-0.05, 0) is 36.9 Å². The van der Waals surface area contributed by atoms with Gasteiger partial charge in [-0.25, -0.2) is 0 Å². The number of hydrogen-bond acceptors (Lipinski definition) is 5. The Morgan fingerprint density at radius 3 is 2.25 bits per heavy atom. The Balaban J connectivity index is 0.00000529. The van der Waals surface area contributed by atoms with Crippen LogP contribution in [-0.2, 0) is 19.7 Å². The molecule has 0 aromatic heterocycles. The maximum absolute atomic E-state index is 6.12. The maximum Gasteiger partial charge on any atom is 0.500 e. The van der Waals surface area contributed by atoms with Crippen molar-refractivity contribution in [3.8, 4) is 0 Å². The molecule has 5 nitrogen and oxygen atoms in total. The van der Waals surface area contributed by atoms with Gasteiger partial charge in [-0.3, -0.25) is 0 Å². The molecule has 0 aliphatic carbocycles. The van der Waals surface area contributed by atoms with Crippen molar-refractivity contribution in [2.75, 3.05) is 27.9 Å². The highest BCUT2D eigenvalue weighted by Gasteiger charge is 2.36. The first-order valence-corrected chi connectivity index (χ1v) is 9.88. The quantitative estimate of drug-likeness (QED) is 0.334. The maximum atomic E-state index is 6.12. The predicted molar refractivity (Wildman–Crippen MR) is 104 cm³/mol. The molecule has 0 spiro atoms. The number of halogens is 1. The third-order valence-electron chi connectivity index (χ3n) is 3.96. The number of rotatable bonds is 12. The fraction of sp³-hybridized carbons (Fsp3) is 0.529. The van der Waals surface area contributed by atoms with E-state index in [0.717, 1.165) is 37.4 Å². The lowest BCUT2D eigenvalue weighted by atomic mass is 10.1. The third kappa shape index (κ3) is 7.89. The van der Waals surface area contributed by atoms with E-state index in [1.807, 2.05) is 6.08 Å². The van der Waals surface area contributed by atoms with Crippen LogP contribution < -0.4 is 11.1 Å². The van der Waals surface area contributed by atoms with Crippen molar-refractivity contribution < 1.29 is 13.3 Å². The summed E-state index contributed by atoms with van der Waals surface area (Å²) >= 11 is 0. The Bertz CT molecular complexity index is 447. The molecule has 1 unspecified atom stereocenters. The minimum atomic E-state index is -2.46. The molecule has 24 heavy (non-hydrogen) atoms. The first kappa shape index (κ1) is 23.3. The highest BCUT2D eigenvalue weighted by atomic mass is 35.5. The molecule has 1 aromatic rings. The molecular weight excluding hydrogens is 344 g/mol. The van der Waals surface area contributed by atoms with Gasteiger partial charge in [0.25, 0.3) is 0 Å². The summed E-state index contributed by atoms with van der Waals surface area (Å²) in [4.78, 5) is 0. The van der Waals surface area contributed by atoms with Crippen LogP contribution in [0, 0.1) is 0 Å². The van der Waals surface area contributed by atoms with Crippen LogP contribution in [0.5, 0.6) is 0 Å². The molecule has 0 heterocycles. The number of hydrogen-bond donors (Lipinski definition) is 2. The predicted octanol–water partition coefficient (Wildman–Crippen LogP) is 2.83. The van der Waals surface area contributed by atoms with E-state index in [0.29, 0.717) is 0 Å². The van der Waals surface area contributed by atoms with E-state index in [1.54, 1.807) is 21.3 Å². The van der Waals surface area contributed by atoms with E-state index in [1.165, 1.54) is 5.56 Å². The standard InChI is InChI=1S/C17H30N2O3Si.ClH/c1-5-15-7-9-16(10-8-15)11-12-17(18)19-13-6-14-23(20-2,21-3)22-4;/h5,7-10,17,19H,1,6,11-14,18H2,2-4H3;1H. The van der Waals surface area contributed by atoms with Crippen LogP contribution in [0.4, 0.5) is 0 Å². The van der Waals surface area contributed by atoms with E-state index in [4.69, 9.17) is 19.0 Å². The van der Waals surface area contributed by atoms with Crippen LogP contribution in [0.15, 0.2) is 30.8 Å². The molecule has 1 aromatic carbocycles. The van der Waals surface area contributed by atoms with E-state index in [-0.39, 0.29) is 18.6 Å². The van der Waals surface area contributed by atoms with Crippen LogP contribution in [0.25, 0.3) is 6.08 Å². The minimum Gasteiger partial charge on any atom is -0.377 e. The Morgan fingerprint density at radius 1 is 1.17 bits per heavy atom. The Morgan fingerprint density at radius 2 is 1.75 bits per heavy atom. The van der Waals surface area contributed by atoms with Crippen molar-refractivity contribution in [3.63, 3.8) is 0 Å². The van der Waals surface area contributed by atoms with Gasteiger partial charge in [-0.1, -0.05) is 36.9 Å². The zero-order valence-corrected chi connectivity index (χ0v) is 16.7. The molecule has 0 saturated heterocycles. The van der Waals surface area contributed by atoms with Crippen LogP contribution in [-0.4, -0.2) is 42.8 Å². The summed E-state index contributed by atoms with van der Waals surface area (Å²) in [6, 6.07) is 9.18. The smallest absolute Gasteiger partial charge is 0.377 e. The molecule has 0 aliphatic rings.